The summed E-state index contributed by atoms with van der Waals surface area (Å²) in [5, 5.41) is 3.99. The van der Waals surface area contributed by atoms with E-state index in [0.717, 1.165) is 10.0 Å². The second-order valence-corrected chi connectivity index (χ2v) is 6.44. The van der Waals surface area contributed by atoms with Crippen LogP contribution in [-0.4, -0.2) is 39.0 Å². The fraction of sp³-hybridized carbons (Fsp3) is 0.176. The zero-order valence-corrected chi connectivity index (χ0v) is 14.2. The zero-order valence-electron chi connectivity index (χ0n) is 12.6. The van der Waals surface area contributed by atoms with Crippen molar-refractivity contribution >= 4 is 21.8 Å². The van der Waals surface area contributed by atoms with Gasteiger partial charge in [0.25, 0.3) is 5.91 Å². The number of amides is 1. The SMILES string of the molecule is O=C(c1ccccc1Br)N1CC(c2nc(-c3cccnc3)no2)C1. The number of hydrogen-bond acceptors (Lipinski definition) is 5. The monoisotopic (exact) mass is 384 g/mol. The summed E-state index contributed by atoms with van der Waals surface area (Å²) in [5.41, 5.74) is 1.48. The van der Waals surface area contributed by atoms with E-state index >= 15 is 0 Å². The van der Waals surface area contributed by atoms with Gasteiger partial charge in [-0.1, -0.05) is 17.3 Å². The predicted molar refractivity (Wildman–Crippen MR) is 90.3 cm³/mol. The van der Waals surface area contributed by atoms with Gasteiger partial charge in [-0.05, 0) is 40.2 Å². The van der Waals surface area contributed by atoms with Gasteiger partial charge in [-0.2, -0.15) is 4.98 Å². The molecule has 7 heteroatoms. The fourth-order valence-corrected chi connectivity index (χ4v) is 3.07. The molecule has 6 nitrogen and oxygen atoms in total. The number of likely N-dealkylation sites (tertiary alicyclic amines) is 1. The Balaban J connectivity index is 1.44. The van der Waals surface area contributed by atoms with Crippen molar-refractivity contribution in [2.45, 2.75) is 5.92 Å². The smallest absolute Gasteiger partial charge is 0.255 e. The highest BCUT2D eigenvalue weighted by atomic mass is 79.9. The molecular weight excluding hydrogens is 372 g/mol. The van der Waals surface area contributed by atoms with Crippen molar-refractivity contribution < 1.29 is 9.32 Å². The van der Waals surface area contributed by atoms with Crippen molar-refractivity contribution in [1.29, 1.82) is 0 Å². The predicted octanol–water partition coefficient (Wildman–Crippen LogP) is 3.13. The molecule has 1 aliphatic heterocycles. The molecule has 0 spiro atoms. The lowest BCUT2D eigenvalue weighted by molar-refractivity contribution is 0.0568. The lowest BCUT2D eigenvalue weighted by atomic mass is 9.99. The molecule has 4 rings (SSSR count). The van der Waals surface area contributed by atoms with E-state index in [-0.39, 0.29) is 11.8 Å². The third-order valence-corrected chi connectivity index (χ3v) is 4.68. The van der Waals surface area contributed by atoms with E-state index in [4.69, 9.17) is 4.52 Å². The van der Waals surface area contributed by atoms with Gasteiger partial charge < -0.3 is 9.42 Å². The van der Waals surface area contributed by atoms with Gasteiger partial charge in [0.05, 0.1) is 11.5 Å². The summed E-state index contributed by atoms with van der Waals surface area (Å²) in [5.74, 6) is 1.17. The molecule has 2 aromatic heterocycles. The lowest BCUT2D eigenvalue weighted by Gasteiger charge is -2.37. The number of hydrogen-bond donors (Lipinski definition) is 0. The Labute approximate surface area is 146 Å². The molecule has 1 amide bonds. The summed E-state index contributed by atoms with van der Waals surface area (Å²) in [6.07, 6.45) is 3.39. The summed E-state index contributed by atoms with van der Waals surface area (Å²) in [6, 6.07) is 11.1. The minimum atomic E-state index is 0.00530. The molecule has 0 atom stereocenters. The van der Waals surface area contributed by atoms with Crippen LogP contribution in [0.25, 0.3) is 11.4 Å². The zero-order chi connectivity index (χ0) is 16.5. The average molecular weight is 385 g/mol. The molecule has 1 saturated heterocycles. The summed E-state index contributed by atoms with van der Waals surface area (Å²) in [6.45, 7) is 1.16. The van der Waals surface area contributed by atoms with Crippen molar-refractivity contribution in [1.82, 2.24) is 20.0 Å². The molecular formula is C17H13BrN4O2. The summed E-state index contributed by atoms with van der Waals surface area (Å²) in [7, 11) is 0. The second-order valence-electron chi connectivity index (χ2n) is 5.58. The van der Waals surface area contributed by atoms with E-state index in [1.807, 2.05) is 36.4 Å². The van der Waals surface area contributed by atoms with Crippen LogP contribution in [0.3, 0.4) is 0 Å². The van der Waals surface area contributed by atoms with Gasteiger partial charge in [0.1, 0.15) is 0 Å². The van der Waals surface area contributed by atoms with E-state index in [1.165, 1.54) is 0 Å². The van der Waals surface area contributed by atoms with Gasteiger partial charge in [0, 0.05) is 35.5 Å². The Bertz CT molecular complexity index is 875. The maximum absolute atomic E-state index is 12.5. The van der Waals surface area contributed by atoms with Gasteiger partial charge in [-0.15, -0.1) is 0 Å². The third kappa shape index (κ3) is 2.71. The lowest BCUT2D eigenvalue weighted by Crippen LogP contribution is -2.48. The number of benzene rings is 1. The first kappa shape index (κ1) is 15.0. The number of aromatic nitrogens is 3. The van der Waals surface area contributed by atoms with Crippen LogP contribution in [0.15, 0.2) is 57.8 Å². The van der Waals surface area contributed by atoms with Gasteiger partial charge >= 0.3 is 0 Å². The minimum absolute atomic E-state index is 0.00530. The Morgan fingerprint density at radius 2 is 2.04 bits per heavy atom. The van der Waals surface area contributed by atoms with Crippen LogP contribution in [-0.2, 0) is 0 Å². The number of rotatable bonds is 3. The number of nitrogens with zero attached hydrogens (tertiary/aromatic N) is 4. The normalized spacial score (nSPS) is 14.5. The van der Waals surface area contributed by atoms with Crippen molar-refractivity contribution in [2.75, 3.05) is 13.1 Å². The highest BCUT2D eigenvalue weighted by Gasteiger charge is 2.36. The van der Waals surface area contributed by atoms with Gasteiger partial charge in [0.15, 0.2) is 0 Å². The molecule has 0 radical (unpaired) electrons. The van der Waals surface area contributed by atoms with E-state index in [0.29, 0.717) is 30.4 Å². The largest absolute Gasteiger partial charge is 0.339 e. The summed E-state index contributed by atoms with van der Waals surface area (Å²) in [4.78, 5) is 22.7. The Kier molecular flexibility index (Phi) is 3.86. The van der Waals surface area contributed by atoms with Crippen LogP contribution in [0.5, 0.6) is 0 Å². The number of carbonyl (C=O) groups is 1. The van der Waals surface area contributed by atoms with E-state index in [9.17, 15) is 4.79 Å². The van der Waals surface area contributed by atoms with Gasteiger partial charge in [0.2, 0.25) is 11.7 Å². The van der Waals surface area contributed by atoms with E-state index < -0.39 is 0 Å². The number of pyridine rings is 1. The van der Waals surface area contributed by atoms with Crippen LogP contribution >= 0.6 is 15.9 Å². The molecule has 3 heterocycles. The Hall–Kier alpha value is -2.54. The van der Waals surface area contributed by atoms with Crippen molar-refractivity contribution in [3.05, 3.63) is 64.7 Å². The fourth-order valence-electron chi connectivity index (χ4n) is 2.62. The van der Waals surface area contributed by atoms with Crippen LogP contribution in [0.4, 0.5) is 0 Å². The minimum Gasteiger partial charge on any atom is -0.339 e. The topological polar surface area (TPSA) is 72.1 Å². The molecule has 24 heavy (non-hydrogen) atoms. The average Bonchev–Trinajstić information content (AvgIpc) is 3.04. The van der Waals surface area contributed by atoms with Crippen LogP contribution in [0.2, 0.25) is 0 Å². The Morgan fingerprint density at radius 3 is 2.79 bits per heavy atom. The third-order valence-electron chi connectivity index (χ3n) is 3.98. The van der Waals surface area contributed by atoms with Gasteiger partial charge in [-0.3, -0.25) is 9.78 Å². The molecule has 1 aromatic carbocycles. The summed E-state index contributed by atoms with van der Waals surface area (Å²) < 4.78 is 6.15. The maximum atomic E-state index is 12.5. The van der Waals surface area contributed by atoms with Crippen molar-refractivity contribution in [3.8, 4) is 11.4 Å². The van der Waals surface area contributed by atoms with Crippen molar-refractivity contribution in [2.24, 2.45) is 0 Å². The first-order chi connectivity index (χ1) is 11.7. The molecule has 0 unspecified atom stereocenters. The molecule has 1 aliphatic rings. The molecule has 3 aromatic rings. The quantitative estimate of drug-likeness (QED) is 0.693. The molecule has 120 valence electrons. The highest BCUT2D eigenvalue weighted by molar-refractivity contribution is 9.10. The molecule has 1 fully saturated rings. The first-order valence-corrected chi connectivity index (χ1v) is 8.29. The van der Waals surface area contributed by atoms with Crippen molar-refractivity contribution in [3.63, 3.8) is 0 Å². The molecule has 0 bridgehead atoms. The van der Waals surface area contributed by atoms with Crippen LogP contribution in [0.1, 0.15) is 22.2 Å². The van der Waals surface area contributed by atoms with Crippen LogP contribution < -0.4 is 0 Å². The maximum Gasteiger partial charge on any atom is 0.255 e. The Morgan fingerprint density at radius 1 is 1.21 bits per heavy atom. The van der Waals surface area contributed by atoms with E-state index in [1.54, 1.807) is 17.3 Å². The first-order valence-electron chi connectivity index (χ1n) is 7.50. The molecule has 0 N–H and O–H groups in total. The summed E-state index contributed by atoms with van der Waals surface area (Å²) >= 11 is 3.41. The van der Waals surface area contributed by atoms with Crippen LogP contribution in [0, 0.1) is 0 Å². The second kappa shape index (κ2) is 6.16. The standard InChI is InChI=1S/C17H13BrN4O2/c18-14-6-2-1-5-13(14)17(23)22-9-12(10-22)16-20-15(21-24-16)11-4-3-7-19-8-11/h1-8,12H,9-10H2. The highest BCUT2D eigenvalue weighted by Crippen LogP contribution is 2.30. The molecule has 0 aliphatic carbocycles. The van der Waals surface area contributed by atoms with E-state index in [2.05, 4.69) is 31.1 Å². The number of halogens is 1. The molecule has 0 saturated carbocycles. The van der Waals surface area contributed by atoms with Gasteiger partial charge in [-0.25, -0.2) is 0 Å². The number of carbonyl (C=O) groups excluding carboxylic acids is 1.